The molecule has 3 heterocycles. The van der Waals surface area contributed by atoms with E-state index in [1.807, 2.05) is 46.0 Å². The molecule has 3 aromatic rings. The summed E-state index contributed by atoms with van der Waals surface area (Å²) >= 11 is 1.54. The molecule has 1 aromatic carbocycles. The molecule has 0 unspecified atom stereocenters. The van der Waals surface area contributed by atoms with Crippen LogP contribution in [0.25, 0.3) is 11.0 Å². The summed E-state index contributed by atoms with van der Waals surface area (Å²) < 4.78 is 11.0. The van der Waals surface area contributed by atoms with Crippen molar-refractivity contribution in [2.24, 2.45) is 0 Å². The van der Waals surface area contributed by atoms with Crippen molar-refractivity contribution in [3.05, 3.63) is 58.0 Å². The van der Waals surface area contributed by atoms with E-state index < -0.39 is 5.97 Å². The number of hydrogen-bond acceptors (Lipinski definition) is 6. The minimum Gasteiger partial charge on any atom is -0.460 e. The third-order valence-electron chi connectivity index (χ3n) is 5.18. The van der Waals surface area contributed by atoms with Crippen molar-refractivity contribution in [2.75, 3.05) is 32.8 Å². The fraction of sp³-hybridized carbons (Fsp3) is 0.364. The Labute approximate surface area is 173 Å². The molecular weight excluding hydrogens is 388 g/mol. The van der Waals surface area contributed by atoms with E-state index in [2.05, 4.69) is 4.90 Å². The number of benzene rings is 1. The maximum absolute atomic E-state index is 12.7. The van der Waals surface area contributed by atoms with Crippen molar-refractivity contribution in [3.8, 4) is 0 Å². The average molecular weight is 413 g/mol. The molecule has 6 nitrogen and oxygen atoms in total. The molecule has 1 aliphatic rings. The predicted octanol–water partition coefficient (Wildman–Crippen LogP) is 4.02. The highest BCUT2D eigenvalue weighted by molar-refractivity contribution is 7.08. The fourth-order valence-corrected chi connectivity index (χ4v) is 4.37. The molecule has 7 heteroatoms. The predicted molar refractivity (Wildman–Crippen MR) is 112 cm³/mol. The minimum absolute atomic E-state index is 0.0917. The van der Waals surface area contributed by atoms with Crippen LogP contribution in [-0.4, -0.2) is 54.5 Å². The highest BCUT2D eigenvalue weighted by Crippen LogP contribution is 2.28. The lowest BCUT2D eigenvalue weighted by molar-refractivity contribution is 0.0489. The van der Waals surface area contributed by atoms with E-state index in [0.717, 1.165) is 42.6 Å². The SMILES string of the molecule is CCOC(=O)c1oc2ccccc2c1CN1CCCN(C(=O)c2ccsc2)CC1. The number of rotatable bonds is 5. The first-order valence-corrected chi connectivity index (χ1v) is 10.8. The van der Waals surface area contributed by atoms with Gasteiger partial charge < -0.3 is 14.1 Å². The average Bonchev–Trinajstić information content (AvgIpc) is 3.32. The number of nitrogens with zero attached hydrogens (tertiary/aromatic N) is 2. The number of para-hydroxylation sites is 1. The number of amides is 1. The van der Waals surface area contributed by atoms with Crippen molar-refractivity contribution in [1.29, 1.82) is 0 Å². The molecule has 0 bridgehead atoms. The minimum atomic E-state index is -0.428. The van der Waals surface area contributed by atoms with Gasteiger partial charge >= 0.3 is 5.97 Å². The summed E-state index contributed by atoms with van der Waals surface area (Å²) in [7, 11) is 0. The number of ether oxygens (including phenoxy) is 1. The Hall–Kier alpha value is -2.64. The molecule has 2 aromatic heterocycles. The molecule has 29 heavy (non-hydrogen) atoms. The molecule has 4 rings (SSSR count). The van der Waals surface area contributed by atoms with Crippen LogP contribution in [0.3, 0.4) is 0 Å². The summed E-state index contributed by atoms with van der Waals surface area (Å²) in [6.07, 6.45) is 0.889. The van der Waals surface area contributed by atoms with Gasteiger partial charge in [-0.25, -0.2) is 4.79 Å². The van der Waals surface area contributed by atoms with Gasteiger partial charge in [-0.3, -0.25) is 9.69 Å². The molecule has 0 radical (unpaired) electrons. The van der Waals surface area contributed by atoms with Crippen molar-refractivity contribution in [3.63, 3.8) is 0 Å². The van der Waals surface area contributed by atoms with Gasteiger partial charge in [0.1, 0.15) is 5.58 Å². The smallest absolute Gasteiger partial charge is 0.374 e. The van der Waals surface area contributed by atoms with Crippen LogP contribution in [0.2, 0.25) is 0 Å². The number of furan rings is 1. The standard InChI is InChI=1S/C22H24N2O4S/c1-2-27-22(26)20-18(17-6-3-4-7-19(17)28-20)14-23-9-5-10-24(12-11-23)21(25)16-8-13-29-15-16/h3-4,6-8,13,15H,2,5,9-12,14H2,1H3. The topological polar surface area (TPSA) is 63.0 Å². The van der Waals surface area contributed by atoms with Crippen LogP contribution in [0.15, 0.2) is 45.5 Å². The summed E-state index contributed by atoms with van der Waals surface area (Å²) in [6, 6.07) is 9.55. The molecular formula is C22H24N2O4S. The molecule has 0 atom stereocenters. The van der Waals surface area contributed by atoms with Gasteiger partial charge in [0.2, 0.25) is 5.76 Å². The van der Waals surface area contributed by atoms with E-state index in [0.29, 0.717) is 25.3 Å². The first kappa shape index (κ1) is 19.7. The number of carbonyl (C=O) groups is 2. The monoisotopic (exact) mass is 412 g/mol. The molecule has 0 aliphatic carbocycles. The van der Waals surface area contributed by atoms with E-state index >= 15 is 0 Å². The molecule has 0 saturated carbocycles. The van der Waals surface area contributed by atoms with Crippen LogP contribution in [-0.2, 0) is 11.3 Å². The molecule has 0 N–H and O–H groups in total. The van der Waals surface area contributed by atoms with Crippen LogP contribution in [0.5, 0.6) is 0 Å². The van der Waals surface area contributed by atoms with E-state index in [1.165, 1.54) is 11.3 Å². The van der Waals surface area contributed by atoms with Gasteiger partial charge in [0, 0.05) is 49.1 Å². The highest BCUT2D eigenvalue weighted by atomic mass is 32.1. The van der Waals surface area contributed by atoms with Crippen molar-refractivity contribution >= 4 is 34.2 Å². The lowest BCUT2D eigenvalue weighted by Gasteiger charge is -2.21. The molecule has 1 amide bonds. The van der Waals surface area contributed by atoms with Gasteiger partial charge in [-0.05, 0) is 30.9 Å². The van der Waals surface area contributed by atoms with Crippen LogP contribution in [0.4, 0.5) is 0 Å². The summed E-state index contributed by atoms with van der Waals surface area (Å²) in [6.45, 7) is 5.69. The summed E-state index contributed by atoms with van der Waals surface area (Å²) in [5.41, 5.74) is 2.31. The fourth-order valence-electron chi connectivity index (χ4n) is 3.74. The van der Waals surface area contributed by atoms with Crippen LogP contribution < -0.4 is 0 Å². The summed E-state index contributed by atoms with van der Waals surface area (Å²) in [5.74, 6) is -0.0552. The van der Waals surface area contributed by atoms with E-state index in [9.17, 15) is 9.59 Å². The Morgan fingerprint density at radius 2 is 2.00 bits per heavy atom. The summed E-state index contributed by atoms with van der Waals surface area (Å²) in [4.78, 5) is 29.3. The first-order chi connectivity index (χ1) is 14.2. The van der Waals surface area contributed by atoms with Crippen LogP contribution in [0, 0.1) is 0 Å². The number of hydrogen-bond donors (Lipinski definition) is 0. The van der Waals surface area contributed by atoms with E-state index in [1.54, 1.807) is 6.92 Å². The third kappa shape index (κ3) is 4.21. The van der Waals surface area contributed by atoms with Gasteiger partial charge in [-0.1, -0.05) is 18.2 Å². The molecule has 152 valence electrons. The molecule has 0 spiro atoms. The molecule has 1 fully saturated rings. The van der Waals surface area contributed by atoms with E-state index in [-0.39, 0.29) is 11.7 Å². The number of esters is 1. The molecule has 1 aliphatic heterocycles. The van der Waals surface area contributed by atoms with Crippen molar-refractivity contribution < 1.29 is 18.7 Å². The van der Waals surface area contributed by atoms with Crippen LogP contribution in [0.1, 0.15) is 39.8 Å². The zero-order valence-corrected chi connectivity index (χ0v) is 17.2. The normalized spacial score (nSPS) is 15.4. The zero-order chi connectivity index (χ0) is 20.2. The number of thiophene rings is 1. The van der Waals surface area contributed by atoms with Crippen molar-refractivity contribution in [2.45, 2.75) is 19.9 Å². The maximum atomic E-state index is 12.7. The van der Waals surface area contributed by atoms with E-state index in [4.69, 9.17) is 9.15 Å². The Balaban J connectivity index is 1.52. The highest BCUT2D eigenvalue weighted by Gasteiger charge is 2.25. The van der Waals surface area contributed by atoms with Gasteiger partial charge in [0.05, 0.1) is 12.2 Å². The quantitative estimate of drug-likeness (QED) is 0.593. The second-order valence-corrected chi connectivity index (χ2v) is 7.84. The van der Waals surface area contributed by atoms with Crippen molar-refractivity contribution in [1.82, 2.24) is 9.80 Å². The Morgan fingerprint density at radius 3 is 2.79 bits per heavy atom. The van der Waals surface area contributed by atoms with Gasteiger partial charge in [0.25, 0.3) is 5.91 Å². The Kier molecular flexibility index (Phi) is 5.97. The van der Waals surface area contributed by atoms with Crippen LogP contribution >= 0.6 is 11.3 Å². The Morgan fingerprint density at radius 1 is 1.14 bits per heavy atom. The van der Waals surface area contributed by atoms with Gasteiger partial charge in [0.15, 0.2) is 0 Å². The number of fused-ring (bicyclic) bond motifs is 1. The first-order valence-electron chi connectivity index (χ1n) is 9.88. The maximum Gasteiger partial charge on any atom is 0.374 e. The third-order valence-corrected chi connectivity index (χ3v) is 5.87. The second-order valence-electron chi connectivity index (χ2n) is 7.06. The second kappa shape index (κ2) is 8.80. The van der Waals surface area contributed by atoms with Gasteiger partial charge in [-0.15, -0.1) is 0 Å². The summed E-state index contributed by atoms with van der Waals surface area (Å²) in [5, 5.41) is 4.76. The number of carbonyl (C=O) groups excluding carboxylic acids is 2. The Bertz CT molecular complexity index is 996. The lowest BCUT2D eigenvalue weighted by atomic mass is 10.1. The largest absolute Gasteiger partial charge is 0.460 e. The van der Waals surface area contributed by atoms with Gasteiger partial charge in [-0.2, -0.15) is 11.3 Å². The zero-order valence-electron chi connectivity index (χ0n) is 16.4. The molecule has 1 saturated heterocycles. The lowest BCUT2D eigenvalue weighted by Crippen LogP contribution is -2.35.